The van der Waals surface area contributed by atoms with E-state index >= 15 is 0 Å². The number of nitrogens with zero attached hydrogens (tertiary/aromatic N) is 1. The van der Waals surface area contributed by atoms with E-state index in [2.05, 4.69) is 156 Å². The van der Waals surface area contributed by atoms with Crippen molar-refractivity contribution in [3.8, 4) is 56.3 Å². The summed E-state index contributed by atoms with van der Waals surface area (Å²) in [7, 11) is 0. The highest BCUT2D eigenvalue weighted by atomic mass is 16.5. The van der Waals surface area contributed by atoms with E-state index < -0.39 is 0 Å². The molecule has 6 heteroatoms. The Labute approximate surface area is 343 Å². The zero-order valence-electron chi connectivity index (χ0n) is 32.0. The predicted octanol–water partition coefficient (Wildman–Crippen LogP) is 13.2. The van der Waals surface area contributed by atoms with Gasteiger partial charge in [-0.05, 0) is 107 Å². The van der Waals surface area contributed by atoms with E-state index in [1.165, 1.54) is 21.8 Å². The van der Waals surface area contributed by atoms with Crippen LogP contribution in [-0.4, -0.2) is 11.5 Å². The Bertz CT molecular complexity index is 3740. The summed E-state index contributed by atoms with van der Waals surface area (Å²) in [6.07, 6.45) is 0. The van der Waals surface area contributed by atoms with Crippen LogP contribution in [0.1, 0.15) is 0 Å². The van der Waals surface area contributed by atoms with E-state index in [1.54, 1.807) is 0 Å². The van der Waals surface area contributed by atoms with E-state index in [9.17, 15) is 0 Å². The van der Waals surface area contributed by atoms with Gasteiger partial charge in [-0.3, -0.25) is 0 Å². The van der Waals surface area contributed by atoms with Gasteiger partial charge in [0.05, 0.1) is 16.4 Å². The van der Waals surface area contributed by atoms with Crippen LogP contribution in [0.5, 0.6) is 17.2 Å². The largest absolute Gasteiger partial charge is 0.551 e. The van der Waals surface area contributed by atoms with Crippen LogP contribution in [0.15, 0.2) is 191 Å². The van der Waals surface area contributed by atoms with Gasteiger partial charge in [-0.2, -0.15) is 0 Å². The molecular weight excluding hydrogens is 737 g/mol. The van der Waals surface area contributed by atoms with Gasteiger partial charge in [0.25, 0.3) is 0 Å². The Morgan fingerprint density at radius 3 is 1.95 bits per heavy atom. The molecule has 278 valence electrons. The lowest BCUT2D eigenvalue weighted by Crippen LogP contribution is -2.53. The second-order valence-corrected chi connectivity index (χ2v) is 15.9. The monoisotopic (exact) mass is 767 g/mol. The lowest BCUT2D eigenvalue weighted by Gasteiger charge is -2.33. The third-order valence-electron chi connectivity index (χ3n) is 12.7. The molecule has 0 unspecified atom stereocenters. The normalized spacial score (nSPS) is 12.9. The van der Waals surface area contributed by atoms with Gasteiger partial charge in [-0.15, -0.1) is 0 Å². The zero-order valence-corrected chi connectivity index (χ0v) is 32.0. The van der Waals surface area contributed by atoms with E-state index in [0.717, 1.165) is 111 Å². The number of benzene rings is 9. The van der Waals surface area contributed by atoms with Gasteiger partial charge >= 0.3 is 6.92 Å². The van der Waals surface area contributed by atoms with Crippen molar-refractivity contribution >= 4 is 83.5 Å². The van der Waals surface area contributed by atoms with E-state index in [1.807, 2.05) is 30.3 Å². The molecular formula is C54H30BNO4. The molecule has 0 atom stereocenters. The van der Waals surface area contributed by atoms with Crippen LogP contribution in [0, 0.1) is 0 Å². The van der Waals surface area contributed by atoms with Crippen LogP contribution >= 0.6 is 0 Å². The van der Waals surface area contributed by atoms with Crippen molar-refractivity contribution in [2.24, 2.45) is 0 Å². The number of rotatable bonds is 3. The molecule has 0 fully saturated rings. The van der Waals surface area contributed by atoms with E-state index in [-0.39, 0.29) is 6.92 Å². The van der Waals surface area contributed by atoms with Crippen LogP contribution in [0.2, 0.25) is 0 Å². The van der Waals surface area contributed by atoms with Crippen LogP contribution < -0.4 is 20.3 Å². The van der Waals surface area contributed by atoms with Gasteiger partial charge in [0.2, 0.25) is 0 Å². The van der Waals surface area contributed by atoms with Gasteiger partial charge in [-0.1, -0.05) is 103 Å². The minimum atomic E-state index is -0.329. The summed E-state index contributed by atoms with van der Waals surface area (Å²) in [5, 5.41) is 6.72. The molecule has 0 spiro atoms. The average Bonchev–Trinajstić information content (AvgIpc) is 3.98. The Morgan fingerprint density at radius 1 is 0.400 bits per heavy atom. The standard InChI is InChI=1S/C54H30BNO4/c1-5-13-44-36(9-1)37-10-2-6-14-45(37)56(44)35-21-17-31(18-22-35)32-20-25-48-43(28-32)55-53-42(38-11-3-8-16-47(38)60-55)27-34(30-51(53)58-48)33-19-23-39-40-24-26-49-52(54(40)59-50(39)29-33)41-12-4-7-15-46(41)57-49/h1-30H. The number of ether oxygens (including phenoxy) is 1. The molecule has 0 radical (unpaired) electrons. The van der Waals surface area contributed by atoms with E-state index in [0.29, 0.717) is 0 Å². The fourth-order valence-corrected chi connectivity index (χ4v) is 9.94. The smallest absolute Gasteiger partial charge is 0.434 e. The lowest BCUT2D eigenvalue weighted by molar-refractivity contribution is 0.479. The number of hydrogen-bond donors (Lipinski definition) is 0. The molecule has 5 nitrogen and oxygen atoms in total. The maximum Gasteiger partial charge on any atom is 0.434 e. The minimum Gasteiger partial charge on any atom is -0.551 e. The number of hydrogen-bond acceptors (Lipinski definition) is 4. The summed E-state index contributed by atoms with van der Waals surface area (Å²) in [5.41, 5.74) is 15.4. The summed E-state index contributed by atoms with van der Waals surface area (Å²) in [5.74, 6) is 2.45. The Balaban J connectivity index is 0.866. The number of furan rings is 2. The van der Waals surface area contributed by atoms with Gasteiger partial charge in [0, 0.05) is 49.1 Å². The fraction of sp³-hybridized carbons (Fsp3) is 0. The van der Waals surface area contributed by atoms with Crippen molar-refractivity contribution in [2.45, 2.75) is 0 Å². The molecule has 9 aromatic carbocycles. The summed E-state index contributed by atoms with van der Waals surface area (Å²) in [4.78, 5) is 0. The zero-order chi connectivity index (χ0) is 39.1. The molecule has 0 bridgehead atoms. The third-order valence-corrected chi connectivity index (χ3v) is 12.7. The molecule has 3 aromatic heterocycles. The van der Waals surface area contributed by atoms with Crippen LogP contribution in [0.4, 0.5) is 0 Å². The molecule has 0 aliphatic carbocycles. The first-order chi connectivity index (χ1) is 29.7. The predicted molar refractivity (Wildman–Crippen MR) is 244 cm³/mol. The summed E-state index contributed by atoms with van der Waals surface area (Å²) in [6.45, 7) is -0.329. The Hall–Kier alpha value is -7.96. The first-order valence-corrected chi connectivity index (χ1v) is 20.3. The van der Waals surface area contributed by atoms with Gasteiger partial charge in [-0.25, -0.2) is 0 Å². The molecule has 2 aliphatic rings. The number of fused-ring (bicyclic) bond motifs is 14. The molecule has 60 heavy (non-hydrogen) atoms. The van der Waals surface area contributed by atoms with Crippen LogP contribution in [-0.2, 0) is 0 Å². The van der Waals surface area contributed by atoms with Crippen molar-refractivity contribution in [2.75, 3.05) is 0 Å². The first-order valence-electron chi connectivity index (χ1n) is 20.3. The van der Waals surface area contributed by atoms with E-state index in [4.69, 9.17) is 18.2 Å². The highest BCUT2D eigenvalue weighted by Crippen LogP contribution is 2.44. The van der Waals surface area contributed by atoms with Crippen LogP contribution in [0.25, 0.3) is 105 Å². The second kappa shape index (κ2) is 11.8. The molecule has 12 aromatic rings. The Morgan fingerprint density at radius 2 is 1.10 bits per heavy atom. The molecule has 0 saturated carbocycles. The van der Waals surface area contributed by atoms with Gasteiger partial charge in [0.1, 0.15) is 39.6 Å². The number of para-hydroxylation sites is 4. The third kappa shape index (κ3) is 4.42. The second-order valence-electron chi connectivity index (χ2n) is 15.9. The van der Waals surface area contributed by atoms with Crippen molar-refractivity contribution < 1.29 is 18.2 Å². The Kier molecular flexibility index (Phi) is 6.31. The summed E-state index contributed by atoms with van der Waals surface area (Å²) < 4.78 is 29.0. The van der Waals surface area contributed by atoms with Crippen molar-refractivity contribution in [3.05, 3.63) is 182 Å². The summed E-state index contributed by atoms with van der Waals surface area (Å²) >= 11 is 0. The fourth-order valence-electron chi connectivity index (χ4n) is 9.94. The number of aromatic nitrogens is 1. The highest BCUT2D eigenvalue weighted by molar-refractivity contribution is 6.84. The van der Waals surface area contributed by atoms with Crippen molar-refractivity contribution in [3.63, 3.8) is 0 Å². The van der Waals surface area contributed by atoms with Crippen molar-refractivity contribution in [1.29, 1.82) is 0 Å². The van der Waals surface area contributed by atoms with Gasteiger partial charge < -0.3 is 22.8 Å². The molecule has 0 saturated heterocycles. The molecule has 0 amide bonds. The highest BCUT2D eigenvalue weighted by Gasteiger charge is 2.41. The average molecular weight is 768 g/mol. The molecule has 5 heterocycles. The first kappa shape index (κ1) is 32.1. The minimum absolute atomic E-state index is 0.329. The van der Waals surface area contributed by atoms with Crippen LogP contribution in [0.3, 0.4) is 0 Å². The van der Waals surface area contributed by atoms with Crippen molar-refractivity contribution in [1.82, 2.24) is 4.57 Å². The molecule has 2 aliphatic heterocycles. The lowest BCUT2D eigenvalue weighted by atomic mass is 9.50. The molecule has 0 N–H and O–H groups in total. The maximum absolute atomic E-state index is 6.90. The summed E-state index contributed by atoms with van der Waals surface area (Å²) in [6, 6.07) is 64.1. The quantitative estimate of drug-likeness (QED) is 0.168. The topological polar surface area (TPSA) is 49.7 Å². The van der Waals surface area contributed by atoms with Gasteiger partial charge in [0.15, 0.2) is 0 Å². The molecule has 14 rings (SSSR count). The maximum atomic E-state index is 6.90. The SMILES string of the molecule is c1ccc2c(c1)OB1c3cc(-c4ccc(-n5c6ccccc6c6ccccc65)cc4)ccc3Oc3cc(-c4ccc5c(c4)oc4c5ccc5oc6ccccc6c54)cc-2c31.